The topological polar surface area (TPSA) is 98.4 Å². The molecule has 2 rings (SSSR count). The Morgan fingerprint density at radius 1 is 0.720 bits per heavy atom. The molecule has 142 valence electrons. The van der Waals surface area contributed by atoms with Crippen molar-refractivity contribution in [2.24, 2.45) is 0 Å². The molecule has 0 fully saturated rings. The van der Waals surface area contributed by atoms with Gasteiger partial charge in [-0.15, -0.1) is 0 Å². The number of amidine groups is 2. The predicted molar refractivity (Wildman–Crippen MR) is 92.5 cm³/mol. The van der Waals surface area contributed by atoms with E-state index in [0.29, 0.717) is 6.42 Å². The first kappa shape index (κ1) is 19.8. The number of hydrogen-bond donors (Lipinski definition) is 0. The zero-order valence-electron chi connectivity index (χ0n) is 16.5. The number of hydroxylamine groups is 6. The summed E-state index contributed by atoms with van der Waals surface area (Å²) >= 11 is 0. The summed E-state index contributed by atoms with van der Waals surface area (Å²) in [5.74, 6) is 0.309. The van der Waals surface area contributed by atoms with E-state index >= 15 is 0 Å². The largest absolute Gasteiger partial charge is 0.715 e. The van der Waals surface area contributed by atoms with E-state index in [4.69, 9.17) is 0 Å². The lowest BCUT2D eigenvalue weighted by molar-refractivity contribution is -0.541. The molecular weight excluding hydrogens is 324 g/mol. The van der Waals surface area contributed by atoms with E-state index in [-0.39, 0.29) is 24.5 Å². The third-order valence-electron chi connectivity index (χ3n) is 6.76. The minimum atomic E-state index is -0.844. The zero-order valence-corrected chi connectivity index (χ0v) is 16.5. The van der Waals surface area contributed by atoms with E-state index in [1.165, 1.54) is 0 Å². The summed E-state index contributed by atoms with van der Waals surface area (Å²) in [6, 6.07) is 0. The van der Waals surface area contributed by atoms with Crippen LogP contribution in [-0.4, -0.2) is 53.4 Å². The van der Waals surface area contributed by atoms with E-state index in [1.807, 2.05) is 0 Å². The molecule has 2 radical (unpaired) electrons. The molecule has 0 atom stereocenters. The van der Waals surface area contributed by atoms with Crippen LogP contribution in [0.2, 0.25) is 0 Å². The molecule has 2 aliphatic heterocycles. The summed E-state index contributed by atoms with van der Waals surface area (Å²) < 4.78 is 1.55. The molecule has 0 saturated carbocycles. The number of hydrogen-bond acceptors (Lipinski definition) is 4. The van der Waals surface area contributed by atoms with Crippen molar-refractivity contribution in [2.45, 2.75) is 96.8 Å². The molecule has 0 aromatic carbocycles. The average molecular weight is 354 g/mol. The Labute approximate surface area is 149 Å². The fourth-order valence-corrected chi connectivity index (χ4v) is 3.26. The minimum absolute atomic E-state index is 0.155. The molecule has 0 aromatic rings. The predicted octanol–water partition coefficient (Wildman–Crippen LogP) is 2.41. The Morgan fingerprint density at radius 2 is 1.00 bits per heavy atom. The van der Waals surface area contributed by atoms with Gasteiger partial charge in [0, 0.05) is 10.4 Å². The fourth-order valence-electron chi connectivity index (χ4n) is 3.26. The minimum Gasteiger partial charge on any atom is -0.715 e. The molecule has 8 nitrogen and oxygen atoms in total. The lowest BCUT2D eigenvalue weighted by Gasteiger charge is -2.32. The molecule has 0 spiro atoms. The molecule has 0 amide bonds. The zero-order chi connectivity index (χ0) is 19.6. The molecule has 25 heavy (non-hydrogen) atoms. The first-order valence-electron chi connectivity index (χ1n) is 8.73. The molecular formula is C17H30N4O4. The maximum absolute atomic E-state index is 12.5. The number of rotatable bonds is 4. The highest BCUT2D eigenvalue weighted by molar-refractivity contribution is 5.82. The van der Waals surface area contributed by atoms with Gasteiger partial charge in [-0.2, -0.15) is 0 Å². The maximum atomic E-state index is 12.5. The maximum Gasteiger partial charge on any atom is 0.284 e. The van der Waals surface area contributed by atoms with Crippen molar-refractivity contribution in [3.63, 3.8) is 0 Å². The lowest BCUT2D eigenvalue weighted by atomic mass is 9.84. The van der Waals surface area contributed by atoms with Gasteiger partial charge in [0.2, 0.25) is 0 Å². The summed E-state index contributed by atoms with van der Waals surface area (Å²) in [6.07, 6.45) is 0.843. The molecule has 0 bridgehead atoms. The summed E-state index contributed by atoms with van der Waals surface area (Å²) in [7, 11) is 0. The third-order valence-corrected chi connectivity index (χ3v) is 6.76. The van der Waals surface area contributed by atoms with Crippen molar-refractivity contribution in [1.29, 1.82) is 0 Å². The Hall–Kier alpha value is -1.54. The van der Waals surface area contributed by atoms with E-state index in [9.17, 15) is 20.8 Å². The molecule has 0 aliphatic carbocycles. The second-order valence-corrected chi connectivity index (χ2v) is 9.10. The van der Waals surface area contributed by atoms with Crippen molar-refractivity contribution in [3.8, 4) is 0 Å². The molecule has 0 unspecified atom stereocenters. The van der Waals surface area contributed by atoms with Crippen LogP contribution in [0.1, 0.15) is 74.7 Å². The molecule has 2 aliphatic rings. The molecule has 2 heterocycles. The highest BCUT2D eigenvalue weighted by atomic mass is 16.5. The summed E-state index contributed by atoms with van der Waals surface area (Å²) in [4.78, 5) is 0. The normalized spacial score (nSPS) is 26.8. The van der Waals surface area contributed by atoms with Crippen LogP contribution in [0.25, 0.3) is 0 Å². The average Bonchev–Trinajstić information content (AvgIpc) is 2.68. The van der Waals surface area contributed by atoms with Crippen LogP contribution in [0.5, 0.6) is 0 Å². The van der Waals surface area contributed by atoms with Crippen LogP contribution >= 0.6 is 0 Å². The Kier molecular flexibility index (Phi) is 4.33. The summed E-state index contributed by atoms with van der Waals surface area (Å²) in [5.41, 5.74) is -3.37. The SMILES string of the molecule is CC1(C)N([O])C(CCCC2=[N+]([O-])C(C)(C)C(C)(C)N2[O])=[N+]([O-])C1(C)C. The van der Waals surface area contributed by atoms with Gasteiger partial charge in [0.15, 0.2) is 11.1 Å². The van der Waals surface area contributed by atoms with Crippen LogP contribution < -0.4 is 0 Å². The highest BCUT2D eigenvalue weighted by Crippen LogP contribution is 2.38. The van der Waals surface area contributed by atoms with Crippen molar-refractivity contribution >= 4 is 11.7 Å². The van der Waals surface area contributed by atoms with Gasteiger partial charge in [-0.05, 0) is 61.8 Å². The van der Waals surface area contributed by atoms with Crippen molar-refractivity contribution in [3.05, 3.63) is 10.4 Å². The van der Waals surface area contributed by atoms with Crippen LogP contribution in [0.3, 0.4) is 0 Å². The van der Waals surface area contributed by atoms with E-state index in [2.05, 4.69) is 0 Å². The smallest absolute Gasteiger partial charge is 0.284 e. The molecule has 0 aromatic heterocycles. The van der Waals surface area contributed by atoms with Gasteiger partial charge < -0.3 is 10.4 Å². The standard InChI is InChI=1S/C17H30N4O4/c1-14(2)15(3,4)19(23)12(18(14)22)10-9-11-13-20(24)16(5,6)17(7,8)21(13)25/h9-11H2,1-8H3. The fraction of sp³-hybridized carbons (Fsp3) is 0.882. The second-order valence-electron chi connectivity index (χ2n) is 9.10. The Bertz CT molecular complexity index is 581. The monoisotopic (exact) mass is 354 g/mol. The van der Waals surface area contributed by atoms with E-state index in [0.717, 1.165) is 19.6 Å². The molecule has 8 heteroatoms. The first-order chi connectivity index (χ1) is 11.1. The van der Waals surface area contributed by atoms with Gasteiger partial charge in [0.05, 0.1) is 12.8 Å². The quantitative estimate of drug-likeness (QED) is 0.572. The van der Waals surface area contributed by atoms with Gasteiger partial charge in [-0.1, -0.05) is 10.1 Å². The second kappa shape index (κ2) is 5.48. The highest BCUT2D eigenvalue weighted by Gasteiger charge is 2.60. The van der Waals surface area contributed by atoms with Crippen LogP contribution in [0, 0.1) is 10.4 Å². The van der Waals surface area contributed by atoms with Gasteiger partial charge >= 0.3 is 0 Å². The van der Waals surface area contributed by atoms with Crippen LogP contribution in [0.15, 0.2) is 0 Å². The van der Waals surface area contributed by atoms with Crippen LogP contribution in [-0.2, 0) is 10.4 Å². The Balaban J connectivity index is 2.15. The van der Waals surface area contributed by atoms with Gasteiger partial charge in [0.25, 0.3) is 11.7 Å². The van der Waals surface area contributed by atoms with Crippen molar-refractivity contribution < 1.29 is 19.9 Å². The summed E-state index contributed by atoms with van der Waals surface area (Å²) in [5, 5.41) is 51.6. The molecule has 0 N–H and O–H groups in total. The van der Waals surface area contributed by atoms with E-state index < -0.39 is 22.2 Å². The van der Waals surface area contributed by atoms with Gasteiger partial charge in [-0.3, -0.25) is 9.48 Å². The lowest BCUT2D eigenvalue weighted by Crippen LogP contribution is -2.53. The molecule has 0 saturated heterocycles. The van der Waals surface area contributed by atoms with Crippen LogP contribution in [0.4, 0.5) is 0 Å². The third kappa shape index (κ3) is 2.41. The first-order valence-corrected chi connectivity index (χ1v) is 8.73. The van der Waals surface area contributed by atoms with Gasteiger partial charge in [-0.25, -0.2) is 0 Å². The summed E-state index contributed by atoms with van der Waals surface area (Å²) in [6.45, 7) is 13.9. The van der Waals surface area contributed by atoms with Crippen molar-refractivity contribution in [2.75, 3.05) is 0 Å². The Morgan fingerprint density at radius 3 is 1.20 bits per heavy atom. The van der Waals surface area contributed by atoms with E-state index in [1.54, 1.807) is 55.4 Å². The van der Waals surface area contributed by atoms with Crippen molar-refractivity contribution in [1.82, 2.24) is 10.1 Å². The number of nitrogens with zero attached hydrogens (tertiary/aromatic N) is 4. The van der Waals surface area contributed by atoms with Gasteiger partial charge in [0.1, 0.15) is 11.1 Å².